The molecule has 1 heterocycles. The van der Waals surface area contributed by atoms with Gasteiger partial charge >= 0.3 is 6.18 Å². The van der Waals surface area contributed by atoms with E-state index in [0.29, 0.717) is 0 Å². The quantitative estimate of drug-likeness (QED) is 0.851. The number of aromatic hydroxyl groups is 1. The van der Waals surface area contributed by atoms with Crippen LogP contribution < -0.4 is 0 Å². The summed E-state index contributed by atoms with van der Waals surface area (Å²) in [5, 5.41) is 9.55. The highest BCUT2D eigenvalue weighted by molar-refractivity contribution is 6.11. The Hall–Kier alpha value is -2.37. The van der Waals surface area contributed by atoms with E-state index in [4.69, 9.17) is 0 Å². The first-order chi connectivity index (χ1) is 8.91. The minimum absolute atomic E-state index is 0.0296. The molecule has 0 spiro atoms. The molecule has 0 aliphatic heterocycles. The maximum Gasteiger partial charge on any atom is 0.417 e. The standard InChI is InChI=1S/C13H8F3NO2/c14-13(15,16)9-2-1-3-10(18)11(9)12(19)8-4-6-17-7-5-8/h1-7,18H. The van der Waals surface area contributed by atoms with Crippen molar-refractivity contribution in [3.63, 3.8) is 0 Å². The first-order valence-corrected chi connectivity index (χ1v) is 5.25. The summed E-state index contributed by atoms with van der Waals surface area (Å²) < 4.78 is 38.5. The second-order valence-electron chi connectivity index (χ2n) is 3.76. The Balaban J connectivity index is 2.60. The highest BCUT2D eigenvalue weighted by atomic mass is 19.4. The third kappa shape index (κ3) is 2.57. The summed E-state index contributed by atoms with van der Waals surface area (Å²) in [6.45, 7) is 0. The number of aromatic nitrogens is 1. The molecule has 0 bridgehead atoms. The summed E-state index contributed by atoms with van der Waals surface area (Å²) in [4.78, 5) is 15.7. The molecule has 19 heavy (non-hydrogen) atoms. The van der Waals surface area contributed by atoms with Crippen molar-refractivity contribution in [3.8, 4) is 5.75 Å². The van der Waals surface area contributed by atoms with E-state index < -0.39 is 28.8 Å². The van der Waals surface area contributed by atoms with Crippen molar-refractivity contribution in [2.24, 2.45) is 0 Å². The maximum atomic E-state index is 12.8. The van der Waals surface area contributed by atoms with Crippen molar-refractivity contribution in [2.45, 2.75) is 6.18 Å². The molecule has 98 valence electrons. The highest BCUT2D eigenvalue weighted by Gasteiger charge is 2.36. The molecule has 0 saturated carbocycles. The lowest BCUT2D eigenvalue weighted by molar-refractivity contribution is -0.138. The number of hydrogen-bond donors (Lipinski definition) is 1. The molecular weight excluding hydrogens is 259 g/mol. The lowest BCUT2D eigenvalue weighted by atomic mass is 9.97. The lowest BCUT2D eigenvalue weighted by Gasteiger charge is -2.13. The third-order valence-corrected chi connectivity index (χ3v) is 2.52. The first kappa shape index (κ1) is 13.1. The molecule has 1 aromatic heterocycles. The van der Waals surface area contributed by atoms with Crippen LogP contribution >= 0.6 is 0 Å². The van der Waals surface area contributed by atoms with E-state index in [2.05, 4.69) is 4.98 Å². The van der Waals surface area contributed by atoms with Gasteiger partial charge in [0.2, 0.25) is 0 Å². The molecule has 6 heteroatoms. The minimum atomic E-state index is -4.71. The van der Waals surface area contributed by atoms with Crippen LogP contribution in [0.15, 0.2) is 42.7 Å². The molecule has 0 aliphatic rings. The molecule has 0 saturated heterocycles. The van der Waals surface area contributed by atoms with Gasteiger partial charge in [-0.3, -0.25) is 9.78 Å². The number of benzene rings is 1. The average molecular weight is 267 g/mol. The van der Waals surface area contributed by atoms with Gasteiger partial charge in [0.15, 0.2) is 5.78 Å². The van der Waals surface area contributed by atoms with Gasteiger partial charge in [-0.2, -0.15) is 13.2 Å². The van der Waals surface area contributed by atoms with Gasteiger partial charge in [0.25, 0.3) is 0 Å². The second kappa shape index (κ2) is 4.72. The molecule has 1 N–H and O–H groups in total. The molecule has 1 aromatic carbocycles. The Morgan fingerprint density at radius 1 is 1.11 bits per heavy atom. The van der Waals surface area contributed by atoms with Crippen LogP contribution in [-0.4, -0.2) is 15.9 Å². The van der Waals surface area contributed by atoms with Gasteiger partial charge < -0.3 is 5.11 Å². The lowest BCUT2D eigenvalue weighted by Crippen LogP contribution is -2.14. The van der Waals surface area contributed by atoms with E-state index in [9.17, 15) is 23.1 Å². The van der Waals surface area contributed by atoms with Crippen molar-refractivity contribution < 1.29 is 23.1 Å². The molecule has 0 aliphatic carbocycles. The van der Waals surface area contributed by atoms with Gasteiger partial charge in [0, 0.05) is 18.0 Å². The molecule has 0 radical (unpaired) electrons. The molecule has 2 aromatic rings. The number of phenolic OH excluding ortho intramolecular Hbond substituents is 1. The van der Waals surface area contributed by atoms with Crippen LogP contribution in [0.1, 0.15) is 21.5 Å². The van der Waals surface area contributed by atoms with E-state index in [1.54, 1.807) is 0 Å². The highest BCUT2D eigenvalue weighted by Crippen LogP contribution is 2.36. The van der Waals surface area contributed by atoms with E-state index in [1.807, 2.05) is 0 Å². The van der Waals surface area contributed by atoms with Crippen LogP contribution in [-0.2, 0) is 6.18 Å². The van der Waals surface area contributed by atoms with Gasteiger partial charge in [-0.05, 0) is 24.3 Å². The summed E-state index contributed by atoms with van der Waals surface area (Å²) >= 11 is 0. The molecule has 0 amide bonds. The van der Waals surface area contributed by atoms with Gasteiger partial charge in [-0.15, -0.1) is 0 Å². The number of alkyl halides is 3. The summed E-state index contributed by atoms with van der Waals surface area (Å²) in [6.07, 6.45) is -2.13. The molecule has 2 rings (SSSR count). The SMILES string of the molecule is O=C(c1ccncc1)c1c(O)cccc1C(F)(F)F. The number of carbonyl (C=O) groups is 1. The number of halogens is 3. The average Bonchev–Trinajstić information content (AvgIpc) is 2.37. The smallest absolute Gasteiger partial charge is 0.417 e. The molecule has 0 unspecified atom stereocenters. The fraction of sp³-hybridized carbons (Fsp3) is 0.0769. The Labute approximate surface area is 106 Å². The Kier molecular flexibility index (Phi) is 3.25. The molecule has 0 atom stereocenters. The van der Waals surface area contributed by atoms with Crippen molar-refractivity contribution in [1.29, 1.82) is 0 Å². The molecular formula is C13H8F3NO2. The number of rotatable bonds is 2. The fourth-order valence-electron chi connectivity index (χ4n) is 1.66. The van der Waals surface area contributed by atoms with Crippen LogP contribution in [0.2, 0.25) is 0 Å². The van der Waals surface area contributed by atoms with Gasteiger partial charge in [-0.25, -0.2) is 0 Å². The zero-order valence-corrected chi connectivity index (χ0v) is 9.48. The van der Waals surface area contributed by atoms with Crippen LogP contribution in [0.25, 0.3) is 0 Å². The van der Waals surface area contributed by atoms with E-state index in [-0.39, 0.29) is 5.56 Å². The predicted molar refractivity (Wildman–Crippen MR) is 60.8 cm³/mol. The third-order valence-electron chi connectivity index (χ3n) is 2.52. The molecule has 0 fully saturated rings. The number of carbonyl (C=O) groups excluding carboxylic acids is 1. The van der Waals surface area contributed by atoms with Crippen molar-refractivity contribution in [1.82, 2.24) is 4.98 Å². The van der Waals surface area contributed by atoms with Gasteiger partial charge in [-0.1, -0.05) is 6.07 Å². The summed E-state index contributed by atoms with van der Waals surface area (Å²) in [6, 6.07) is 5.42. The predicted octanol–water partition coefficient (Wildman–Crippen LogP) is 3.04. The van der Waals surface area contributed by atoms with E-state index in [0.717, 1.165) is 18.2 Å². The van der Waals surface area contributed by atoms with Gasteiger partial charge in [0.05, 0.1) is 11.1 Å². The topological polar surface area (TPSA) is 50.2 Å². The summed E-state index contributed by atoms with van der Waals surface area (Å²) in [5.74, 6) is -1.59. The zero-order valence-electron chi connectivity index (χ0n) is 9.48. The first-order valence-electron chi connectivity index (χ1n) is 5.25. The van der Waals surface area contributed by atoms with Crippen molar-refractivity contribution in [2.75, 3.05) is 0 Å². The van der Waals surface area contributed by atoms with Crippen molar-refractivity contribution >= 4 is 5.78 Å². The van der Waals surface area contributed by atoms with E-state index >= 15 is 0 Å². The van der Waals surface area contributed by atoms with E-state index in [1.165, 1.54) is 24.5 Å². The Bertz CT molecular complexity index is 609. The minimum Gasteiger partial charge on any atom is -0.507 e. The zero-order chi connectivity index (χ0) is 14.0. The number of hydrogen-bond acceptors (Lipinski definition) is 3. The Morgan fingerprint density at radius 2 is 1.74 bits per heavy atom. The normalized spacial score (nSPS) is 11.3. The number of nitrogens with zero attached hydrogens (tertiary/aromatic N) is 1. The fourth-order valence-corrected chi connectivity index (χ4v) is 1.66. The van der Waals surface area contributed by atoms with Crippen LogP contribution in [0, 0.1) is 0 Å². The van der Waals surface area contributed by atoms with Crippen LogP contribution in [0.5, 0.6) is 5.75 Å². The van der Waals surface area contributed by atoms with Crippen LogP contribution in [0.4, 0.5) is 13.2 Å². The number of pyridine rings is 1. The van der Waals surface area contributed by atoms with Crippen molar-refractivity contribution in [3.05, 3.63) is 59.4 Å². The summed E-state index contributed by atoms with van der Waals surface area (Å²) in [5.41, 5.74) is -1.88. The van der Waals surface area contributed by atoms with Crippen LogP contribution in [0.3, 0.4) is 0 Å². The number of ketones is 1. The monoisotopic (exact) mass is 267 g/mol. The molecule has 3 nitrogen and oxygen atoms in total. The maximum absolute atomic E-state index is 12.8. The summed E-state index contributed by atoms with van der Waals surface area (Å²) in [7, 11) is 0. The number of phenols is 1. The second-order valence-corrected chi connectivity index (χ2v) is 3.76. The van der Waals surface area contributed by atoms with Gasteiger partial charge in [0.1, 0.15) is 5.75 Å². The largest absolute Gasteiger partial charge is 0.507 e. The Morgan fingerprint density at radius 3 is 2.32 bits per heavy atom.